The van der Waals surface area contributed by atoms with Crippen molar-refractivity contribution in [1.82, 2.24) is 10.2 Å². The number of rotatable bonds is 3. The van der Waals surface area contributed by atoms with Gasteiger partial charge in [-0.1, -0.05) is 43.2 Å². The van der Waals surface area contributed by atoms with Gasteiger partial charge in [-0.05, 0) is 23.5 Å². The van der Waals surface area contributed by atoms with E-state index in [2.05, 4.69) is 39.4 Å². The normalized spacial score (nSPS) is 16.3. The highest BCUT2D eigenvalue weighted by Gasteiger charge is 2.23. The smallest absolute Gasteiger partial charge is 0.318 e. The number of hydrogen-bond acceptors (Lipinski definition) is 5. The maximum atomic E-state index is 6.04. The Hall–Kier alpha value is -1.88. The predicted molar refractivity (Wildman–Crippen MR) is 77.3 cm³/mol. The van der Waals surface area contributed by atoms with Crippen molar-refractivity contribution in [2.75, 3.05) is 11.4 Å². The van der Waals surface area contributed by atoms with E-state index in [1.54, 1.807) is 0 Å². The molecule has 1 aromatic heterocycles. The van der Waals surface area contributed by atoms with Crippen molar-refractivity contribution in [3.05, 3.63) is 41.3 Å². The van der Waals surface area contributed by atoms with Gasteiger partial charge < -0.3 is 15.1 Å². The lowest BCUT2D eigenvalue weighted by Crippen LogP contribution is -2.30. The van der Waals surface area contributed by atoms with Crippen LogP contribution in [0.1, 0.15) is 36.9 Å². The molecule has 0 radical (unpaired) electrons. The van der Waals surface area contributed by atoms with Crippen molar-refractivity contribution in [3.63, 3.8) is 0 Å². The minimum atomic E-state index is -0.201. The van der Waals surface area contributed by atoms with Gasteiger partial charge in [-0.15, -0.1) is 5.10 Å². The molecule has 1 aliphatic rings. The van der Waals surface area contributed by atoms with Crippen molar-refractivity contribution in [1.29, 1.82) is 0 Å². The standard InChI is InChI=1S/C15H20N4O/c1-10(2)13(16)14-17-18-15(20-14)19-8-7-11-5-3-4-6-12(11)9-19/h3-6,10,13H,7-9,16H2,1-2H3. The second-order valence-electron chi connectivity index (χ2n) is 5.63. The summed E-state index contributed by atoms with van der Waals surface area (Å²) in [6.45, 7) is 5.81. The summed E-state index contributed by atoms with van der Waals surface area (Å²) in [4.78, 5) is 2.12. The SMILES string of the molecule is CC(C)C(N)c1nnc(N2CCc3ccccc3C2)o1. The molecule has 1 aromatic carbocycles. The molecule has 1 aliphatic heterocycles. The van der Waals surface area contributed by atoms with E-state index in [0.717, 1.165) is 19.5 Å². The fourth-order valence-corrected chi connectivity index (χ4v) is 2.43. The lowest BCUT2D eigenvalue weighted by molar-refractivity contribution is 0.386. The van der Waals surface area contributed by atoms with Crippen LogP contribution in [0.5, 0.6) is 0 Å². The Morgan fingerprint density at radius 1 is 1.20 bits per heavy atom. The maximum Gasteiger partial charge on any atom is 0.318 e. The minimum Gasteiger partial charge on any atom is -0.406 e. The van der Waals surface area contributed by atoms with Crippen molar-refractivity contribution in [2.24, 2.45) is 11.7 Å². The molecular formula is C15H20N4O. The highest BCUT2D eigenvalue weighted by molar-refractivity contribution is 5.37. The fourth-order valence-electron chi connectivity index (χ4n) is 2.43. The van der Waals surface area contributed by atoms with Gasteiger partial charge in [0.2, 0.25) is 5.89 Å². The van der Waals surface area contributed by atoms with Crippen molar-refractivity contribution in [2.45, 2.75) is 32.9 Å². The van der Waals surface area contributed by atoms with E-state index in [4.69, 9.17) is 10.2 Å². The van der Waals surface area contributed by atoms with Crippen molar-refractivity contribution >= 4 is 6.01 Å². The van der Waals surface area contributed by atoms with E-state index in [9.17, 15) is 0 Å². The first-order chi connectivity index (χ1) is 9.65. The lowest BCUT2D eigenvalue weighted by Gasteiger charge is -2.26. The second-order valence-corrected chi connectivity index (χ2v) is 5.63. The summed E-state index contributed by atoms with van der Waals surface area (Å²) in [7, 11) is 0. The summed E-state index contributed by atoms with van der Waals surface area (Å²) >= 11 is 0. The number of fused-ring (bicyclic) bond motifs is 1. The molecule has 2 aromatic rings. The molecule has 2 heterocycles. The summed E-state index contributed by atoms with van der Waals surface area (Å²) in [5.41, 5.74) is 8.77. The zero-order valence-electron chi connectivity index (χ0n) is 11.9. The molecule has 5 heteroatoms. The molecule has 0 saturated carbocycles. The van der Waals surface area contributed by atoms with E-state index in [1.807, 2.05) is 13.8 Å². The topological polar surface area (TPSA) is 68.2 Å². The van der Waals surface area contributed by atoms with Crippen LogP contribution in [0.15, 0.2) is 28.7 Å². The average Bonchev–Trinajstić information content (AvgIpc) is 2.95. The molecule has 0 bridgehead atoms. The largest absolute Gasteiger partial charge is 0.406 e. The molecule has 3 rings (SSSR count). The van der Waals surface area contributed by atoms with Crippen LogP contribution >= 0.6 is 0 Å². The van der Waals surface area contributed by atoms with Crippen LogP contribution in [-0.4, -0.2) is 16.7 Å². The van der Waals surface area contributed by atoms with Crippen LogP contribution in [0.4, 0.5) is 6.01 Å². The molecular weight excluding hydrogens is 252 g/mol. The van der Waals surface area contributed by atoms with Gasteiger partial charge in [0.15, 0.2) is 0 Å². The van der Waals surface area contributed by atoms with E-state index < -0.39 is 0 Å². The number of anilines is 1. The van der Waals surface area contributed by atoms with Gasteiger partial charge in [0.1, 0.15) is 0 Å². The van der Waals surface area contributed by atoms with Gasteiger partial charge in [0.25, 0.3) is 0 Å². The molecule has 0 fully saturated rings. The minimum absolute atomic E-state index is 0.201. The van der Waals surface area contributed by atoms with Crippen LogP contribution in [0.3, 0.4) is 0 Å². The third-order valence-corrected chi connectivity index (χ3v) is 3.83. The van der Waals surface area contributed by atoms with E-state index in [-0.39, 0.29) is 12.0 Å². The highest BCUT2D eigenvalue weighted by Crippen LogP contribution is 2.25. The Balaban J connectivity index is 1.78. The monoisotopic (exact) mass is 272 g/mol. The van der Waals surface area contributed by atoms with Crippen LogP contribution in [-0.2, 0) is 13.0 Å². The third-order valence-electron chi connectivity index (χ3n) is 3.83. The third kappa shape index (κ3) is 2.41. The summed E-state index contributed by atoms with van der Waals surface area (Å²) < 4.78 is 5.74. The average molecular weight is 272 g/mol. The summed E-state index contributed by atoms with van der Waals surface area (Å²) in [6, 6.07) is 8.86. The molecule has 20 heavy (non-hydrogen) atoms. The van der Waals surface area contributed by atoms with Gasteiger partial charge in [-0.2, -0.15) is 0 Å². The van der Waals surface area contributed by atoms with Gasteiger partial charge in [0.05, 0.1) is 6.04 Å². The molecule has 0 spiro atoms. The van der Waals surface area contributed by atoms with Crippen molar-refractivity contribution in [3.8, 4) is 0 Å². The summed E-state index contributed by atoms with van der Waals surface area (Å²) in [5.74, 6) is 0.805. The molecule has 0 aliphatic carbocycles. The number of nitrogens with zero attached hydrogens (tertiary/aromatic N) is 3. The molecule has 1 atom stereocenters. The molecule has 1 unspecified atom stereocenters. The Morgan fingerprint density at radius 3 is 2.70 bits per heavy atom. The van der Waals surface area contributed by atoms with Crippen LogP contribution < -0.4 is 10.6 Å². The fraction of sp³-hybridized carbons (Fsp3) is 0.467. The molecule has 0 saturated heterocycles. The van der Waals surface area contributed by atoms with Crippen LogP contribution in [0.25, 0.3) is 0 Å². The van der Waals surface area contributed by atoms with Gasteiger partial charge in [-0.3, -0.25) is 0 Å². The second kappa shape index (κ2) is 5.25. The van der Waals surface area contributed by atoms with Gasteiger partial charge in [-0.25, -0.2) is 0 Å². The van der Waals surface area contributed by atoms with Gasteiger partial charge in [0, 0.05) is 13.1 Å². The summed E-state index contributed by atoms with van der Waals surface area (Å²) in [6.07, 6.45) is 1.00. The first-order valence-corrected chi connectivity index (χ1v) is 7.06. The Kier molecular flexibility index (Phi) is 3.44. The van der Waals surface area contributed by atoms with Crippen molar-refractivity contribution < 1.29 is 4.42 Å². The highest BCUT2D eigenvalue weighted by atomic mass is 16.4. The maximum absolute atomic E-state index is 6.04. The molecule has 0 amide bonds. The number of nitrogens with two attached hydrogens (primary N) is 1. The van der Waals surface area contributed by atoms with Crippen LogP contribution in [0, 0.1) is 5.92 Å². The predicted octanol–water partition coefficient (Wildman–Crippen LogP) is 2.29. The zero-order chi connectivity index (χ0) is 14.1. The number of hydrogen-bond donors (Lipinski definition) is 1. The number of benzene rings is 1. The molecule has 106 valence electrons. The lowest BCUT2D eigenvalue weighted by atomic mass is 10.0. The Bertz CT molecular complexity index is 593. The molecule has 5 nitrogen and oxygen atoms in total. The number of aromatic nitrogens is 2. The Morgan fingerprint density at radius 2 is 1.95 bits per heavy atom. The van der Waals surface area contributed by atoms with Gasteiger partial charge >= 0.3 is 6.01 Å². The van der Waals surface area contributed by atoms with E-state index in [0.29, 0.717) is 11.9 Å². The van der Waals surface area contributed by atoms with E-state index in [1.165, 1.54) is 11.1 Å². The molecule has 2 N–H and O–H groups in total. The zero-order valence-corrected chi connectivity index (χ0v) is 11.9. The first kappa shape index (κ1) is 13.1. The first-order valence-electron chi connectivity index (χ1n) is 7.06. The van der Waals surface area contributed by atoms with E-state index >= 15 is 0 Å². The summed E-state index contributed by atoms with van der Waals surface area (Å²) in [5, 5.41) is 8.23. The Labute approximate surface area is 118 Å². The van der Waals surface area contributed by atoms with Crippen LogP contribution in [0.2, 0.25) is 0 Å². The quantitative estimate of drug-likeness (QED) is 0.928.